The second-order valence-electron chi connectivity index (χ2n) is 5.28. The molecule has 1 aromatic heterocycles. The normalized spacial score (nSPS) is 24.3. The number of rotatable bonds is 3. The molecule has 1 atom stereocenters. The zero-order valence-corrected chi connectivity index (χ0v) is 12.2. The van der Waals surface area contributed by atoms with Crippen LogP contribution in [0.3, 0.4) is 0 Å². The highest BCUT2D eigenvalue weighted by Crippen LogP contribution is 2.26. The third-order valence-electron chi connectivity index (χ3n) is 4.12. The van der Waals surface area contributed by atoms with E-state index in [2.05, 4.69) is 9.88 Å². The van der Waals surface area contributed by atoms with Gasteiger partial charge in [-0.25, -0.2) is 9.37 Å². The summed E-state index contributed by atoms with van der Waals surface area (Å²) in [6.07, 6.45) is 2.68. The molecular weight excluding hydrogens is 281 g/mol. The fourth-order valence-electron chi connectivity index (χ4n) is 2.97. The lowest BCUT2D eigenvalue weighted by Gasteiger charge is -2.32. The van der Waals surface area contributed by atoms with Gasteiger partial charge >= 0.3 is 0 Å². The molecule has 3 heterocycles. The highest BCUT2D eigenvalue weighted by atomic mass is 35.5. The lowest BCUT2D eigenvalue weighted by atomic mass is 10.2. The number of ether oxygens (including phenoxy) is 1. The average Bonchev–Trinajstić information content (AvgIpc) is 2.98. The Bertz CT molecular complexity index is 468. The first-order valence-electron chi connectivity index (χ1n) is 7.05. The summed E-state index contributed by atoms with van der Waals surface area (Å²) < 4.78 is 19.6. The predicted octanol–water partition coefficient (Wildman–Crippen LogP) is 1.87. The molecule has 0 saturated carbocycles. The van der Waals surface area contributed by atoms with E-state index < -0.39 is 0 Å². The van der Waals surface area contributed by atoms with Crippen LogP contribution in [0.25, 0.3) is 0 Å². The molecule has 3 rings (SSSR count). The lowest BCUT2D eigenvalue weighted by molar-refractivity contribution is 0.0209. The first kappa shape index (κ1) is 14.0. The zero-order chi connectivity index (χ0) is 13.9. The van der Waals surface area contributed by atoms with E-state index in [0.29, 0.717) is 17.4 Å². The molecule has 2 fully saturated rings. The SMILES string of the molecule is Fc1c(CCl)ccnc1N1CCC(N2CCOCC2)C1. The first-order chi connectivity index (χ1) is 9.79. The Balaban J connectivity index is 1.70. The number of morpholine rings is 1. The maximum atomic E-state index is 14.3. The summed E-state index contributed by atoms with van der Waals surface area (Å²) in [4.78, 5) is 8.67. The van der Waals surface area contributed by atoms with Crippen LogP contribution >= 0.6 is 11.6 Å². The molecule has 1 aromatic rings. The van der Waals surface area contributed by atoms with Crippen molar-refractivity contribution in [2.45, 2.75) is 18.3 Å². The predicted molar refractivity (Wildman–Crippen MR) is 76.8 cm³/mol. The minimum absolute atomic E-state index is 0.183. The van der Waals surface area contributed by atoms with Crippen LogP contribution in [0.2, 0.25) is 0 Å². The number of anilines is 1. The standard InChI is InChI=1S/C14H19ClFN3O/c15-9-11-1-3-17-14(13(11)16)19-4-2-12(10-19)18-5-7-20-8-6-18/h1,3,12H,2,4-10H2. The van der Waals surface area contributed by atoms with Crippen molar-refractivity contribution in [2.75, 3.05) is 44.3 Å². The molecule has 0 radical (unpaired) electrons. The van der Waals surface area contributed by atoms with Crippen molar-refractivity contribution < 1.29 is 9.13 Å². The fraction of sp³-hybridized carbons (Fsp3) is 0.643. The van der Waals surface area contributed by atoms with Crippen LogP contribution in [-0.2, 0) is 10.6 Å². The van der Waals surface area contributed by atoms with Crippen molar-refractivity contribution in [1.29, 1.82) is 0 Å². The number of pyridine rings is 1. The molecule has 2 saturated heterocycles. The van der Waals surface area contributed by atoms with Gasteiger partial charge < -0.3 is 9.64 Å². The molecule has 2 aliphatic heterocycles. The Labute approximate surface area is 123 Å². The number of alkyl halides is 1. The number of aromatic nitrogens is 1. The Morgan fingerprint density at radius 1 is 1.35 bits per heavy atom. The molecule has 20 heavy (non-hydrogen) atoms. The smallest absolute Gasteiger partial charge is 0.170 e. The number of halogens is 2. The van der Waals surface area contributed by atoms with Crippen molar-refractivity contribution in [3.05, 3.63) is 23.6 Å². The third kappa shape index (κ3) is 2.75. The summed E-state index contributed by atoms with van der Waals surface area (Å²) in [7, 11) is 0. The minimum Gasteiger partial charge on any atom is -0.379 e. The van der Waals surface area contributed by atoms with Gasteiger partial charge in [-0.2, -0.15) is 0 Å². The van der Waals surface area contributed by atoms with E-state index in [4.69, 9.17) is 16.3 Å². The molecule has 2 aliphatic rings. The minimum atomic E-state index is -0.273. The summed E-state index contributed by atoms with van der Waals surface area (Å²) in [6.45, 7) is 5.20. The summed E-state index contributed by atoms with van der Waals surface area (Å²) in [6, 6.07) is 2.11. The van der Waals surface area contributed by atoms with Crippen molar-refractivity contribution in [2.24, 2.45) is 0 Å². The highest BCUT2D eigenvalue weighted by molar-refractivity contribution is 6.17. The molecule has 4 nitrogen and oxygen atoms in total. The van der Waals surface area contributed by atoms with Gasteiger partial charge in [-0.05, 0) is 12.5 Å². The van der Waals surface area contributed by atoms with Gasteiger partial charge in [-0.1, -0.05) is 0 Å². The molecule has 0 bridgehead atoms. The van der Waals surface area contributed by atoms with Gasteiger partial charge in [0.1, 0.15) is 0 Å². The quantitative estimate of drug-likeness (QED) is 0.797. The van der Waals surface area contributed by atoms with E-state index in [1.807, 2.05) is 4.90 Å². The second-order valence-corrected chi connectivity index (χ2v) is 5.55. The molecule has 0 amide bonds. The highest BCUT2D eigenvalue weighted by Gasteiger charge is 2.30. The summed E-state index contributed by atoms with van der Waals surface area (Å²) in [5, 5.41) is 0. The topological polar surface area (TPSA) is 28.6 Å². The van der Waals surface area contributed by atoms with E-state index in [9.17, 15) is 4.39 Å². The molecule has 110 valence electrons. The van der Waals surface area contributed by atoms with Gasteiger partial charge in [0.05, 0.1) is 19.1 Å². The lowest BCUT2D eigenvalue weighted by Crippen LogP contribution is -2.44. The van der Waals surface area contributed by atoms with Crippen LogP contribution in [0.5, 0.6) is 0 Å². The second kappa shape index (κ2) is 6.24. The summed E-state index contributed by atoms with van der Waals surface area (Å²) >= 11 is 5.75. The molecule has 6 heteroatoms. The van der Waals surface area contributed by atoms with E-state index in [1.54, 1.807) is 12.3 Å². The number of nitrogens with zero attached hydrogens (tertiary/aromatic N) is 3. The molecular formula is C14H19ClFN3O. The Morgan fingerprint density at radius 3 is 2.90 bits per heavy atom. The fourth-order valence-corrected chi connectivity index (χ4v) is 3.18. The van der Waals surface area contributed by atoms with Gasteiger partial charge in [-0.15, -0.1) is 11.6 Å². The van der Waals surface area contributed by atoms with Gasteiger partial charge in [0.2, 0.25) is 0 Å². The number of hydrogen-bond acceptors (Lipinski definition) is 4. The van der Waals surface area contributed by atoms with Crippen molar-refractivity contribution in [1.82, 2.24) is 9.88 Å². The first-order valence-corrected chi connectivity index (χ1v) is 7.59. The Kier molecular flexibility index (Phi) is 4.38. The van der Waals surface area contributed by atoms with Crippen LogP contribution in [0.4, 0.5) is 10.2 Å². The Morgan fingerprint density at radius 2 is 2.15 bits per heavy atom. The van der Waals surface area contributed by atoms with Gasteiger partial charge in [0, 0.05) is 44.0 Å². The van der Waals surface area contributed by atoms with E-state index in [-0.39, 0.29) is 11.7 Å². The number of hydrogen-bond donors (Lipinski definition) is 0. The monoisotopic (exact) mass is 299 g/mol. The van der Waals surface area contributed by atoms with Crippen molar-refractivity contribution in [3.8, 4) is 0 Å². The largest absolute Gasteiger partial charge is 0.379 e. The Hall–Kier alpha value is -0.910. The van der Waals surface area contributed by atoms with Gasteiger partial charge in [-0.3, -0.25) is 4.90 Å². The van der Waals surface area contributed by atoms with E-state index in [0.717, 1.165) is 45.8 Å². The average molecular weight is 300 g/mol. The third-order valence-corrected chi connectivity index (χ3v) is 4.41. The van der Waals surface area contributed by atoms with Crippen LogP contribution in [-0.4, -0.2) is 55.3 Å². The van der Waals surface area contributed by atoms with E-state index >= 15 is 0 Å². The van der Waals surface area contributed by atoms with Crippen molar-refractivity contribution in [3.63, 3.8) is 0 Å². The zero-order valence-electron chi connectivity index (χ0n) is 11.4. The van der Waals surface area contributed by atoms with Crippen LogP contribution in [0, 0.1) is 5.82 Å². The van der Waals surface area contributed by atoms with Crippen LogP contribution < -0.4 is 4.90 Å². The summed E-state index contributed by atoms with van der Waals surface area (Å²) in [5.74, 6) is 0.353. The van der Waals surface area contributed by atoms with Crippen LogP contribution in [0.15, 0.2) is 12.3 Å². The molecule has 0 spiro atoms. The van der Waals surface area contributed by atoms with E-state index in [1.165, 1.54) is 0 Å². The molecule has 0 aromatic carbocycles. The summed E-state index contributed by atoms with van der Waals surface area (Å²) in [5.41, 5.74) is 0.520. The van der Waals surface area contributed by atoms with Crippen LogP contribution in [0.1, 0.15) is 12.0 Å². The maximum absolute atomic E-state index is 14.3. The molecule has 1 unspecified atom stereocenters. The maximum Gasteiger partial charge on any atom is 0.170 e. The van der Waals surface area contributed by atoms with Crippen molar-refractivity contribution >= 4 is 17.4 Å². The van der Waals surface area contributed by atoms with Gasteiger partial charge in [0.15, 0.2) is 11.6 Å². The molecule has 0 N–H and O–H groups in total. The van der Waals surface area contributed by atoms with Gasteiger partial charge in [0.25, 0.3) is 0 Å². The molecule has 0 aliphatic carbocycles.